The molecular weight excluding hydrogens is 217 g/mol. The molecule has 0 radical (unpaired) electrons. The van der Waals surface area contributed by atoms with E-state index in [1.165, 1.54) is 18.2 Å². The van der Waals surface area contributed by atoms with Crippen LogP contribution in [0.1, 0.15) is 12.5 Å². The topological polar surface area (TPSA) is 20.3 Å². The summed E-state index contributed by atoms with van der Waals surface area (Å²) in [5.41, 5.74) is 0.704. The molecule has 0 bridgehead atoms. The molecule has 0 aliphatic carbocycles. The zero-order valence-corrected chi connectivity index (χ0v) is 10.5. The molecule has 0 heterocycles. The van der Waals surface area contributed by atoms with Gasteiger partial charge in [0.15, 0.2) is 5.78 Å². The van der Waals surface area contributed by atoms with E-state index < -0.39 is 0 Å². The number of rotatable bonds is 5. The average molecular weight is 235 g/mol. The molecule has 0 amide bonds. The summed E-state index contributed by atoms with van der Waals surface area (Å²) < 4.78 is 12.9. The second-order valence-corrected chi connectivity index (χ2v) is 4.45. The summed E-state index contributed by atoms with van der Waals surface area (Å²) in [7, 11) is 3.86. The third kappa shape index (κ3) is 4.91. The van der Waals surface area contributed by atoms with Crippen molar-refractivity contribution in [3.63, 3.8) is 0 Å². The van der Waals surface area contributed by atoms with Crippen molar-refractivity contribution in [1.29, 1.82) is 0 Å². The molecule has 92 valence electrons. The van der Waals surface area contributed by atoms with Crippen molar-refractivity contribution in [2.75, 3.05) is 20.6 Å². The molecule has 1 aromatic rings. The van der Waals surface area contributed by atoms with Crippen LogP contribution in [-0.4, -0.2) is 31.3 Å². The second-order valence-electron chi connectivity index (χ2n) is 4.45. The lowest BCUT2D eigenvalue weighted by Crippen LogP contribution is -2.24. The highest BCUT2D eigenvalue weighted by Crippen LogP contribution is 2.07. The number of benzene rings is 1. The van der Waals surface area contributed by atoms with Gasteiger partial charge in [-0.15, -0.1) is 0 Å². The lowest BCUT2D eigenvalue weighted by molar-refractivity contribution is -0.118. The van der Waals surface area contributed by atoms with Gasteiger partial charge in [0.1, 0.15) is 5.82 Å². The third-order valence-electron chi connectivity index (χ3n) is 2.41. The van der Waals surface area contributed by atoms with Crippen LogP contribution in [0.3, 0.4) is 0 Å². The Hall–Kier alpha value is -1.48. The van der Waals surface area contributed by atoms with Crippen LogP contribution >= 0.6 is 0 Å². The van der Waals surface area contributed by atoms with E-state index in [2.05, 4.69) is 0 Å². The van der Waals surface area contributed by atoms with Gasteiger partial charge < -0.3 is 4.90 Å². The molecule has 2 nitrogen and oxygen atoms in total. The average Bonchev–Trinajstić information content (AvgIpc) is 2.25. The molecule has 1 atom stereocenters. The largest absolute Gasteiger partial charge is 0.309 e. The number of hydrogen-bond donors (Lipinski definition) is 0. The van der Waals surface area contributed by atoms with Gasteiger partial charge in [-0.3, -0.25) is 4.79 Å². The van der Waals surface area contributed by atoms with Crippen molar-refractivity contribution in [2.24, 2.45) is 5.92 Å². The van der Waals surface area contributed by atoms with Gasteiger partial charge in [0, 0.05) is 12.5 Å². The minimum atomic E-state index is -0.291. The Labute approximate surface area is 102 Å². The fourth-order valence-electron chi connectivity index (χ4n) is 1.59. The first-order valence-electron chi connectivity index (χ1n) is 5.61. The van der Waals surface area contributed by atoms with Crippen LogP contribution in [0.4, 0.5) is 4.39 Å². The van der Waals surface area contributed by atoms with E-state index in [1.54, 1.807) is 18.2 Å². The Bertz CT molecular complexity index is 412. The molecule has 0 saturated carbocycles. The van der Waals surface area contributed by atoms with Gasteiger partial charge >= 0.3 is 0 Å². The molecule has 3 heteroatoms. The molecule has 1 aromatic carbocycles. The molecule has 1 rings (SSSR count). The molecule has 0 aliphatic rings. The third-order valence-corrected chi connectivity index (χ3v) is 2.41. The molecule has 0 fully saturated rings. The molecule has 17 heavy (non-hydrogen) atoms. The van der Waals surface area contributed by atoms with Crippen molar-refractivity contribution in [1.82, 2.24) is 4.90 Å². The zero-order chi connectivity index (χ0) is 12.8. The van der Waals surface area contributed by atoms with Gasteiger partial charge in [0.25, 0.3) is 0 Å². The van der Waals surface area contributed by atoms with E-state index in [9.17, 15) is 9.18 Å². The van der Waals surface area contributed by atoms with E-state index in [0.717, 1.165) is 0 Å². The molecule has 0 aliphatic heterocycles. The second kappa shape index (κ2) is 6.30. The highest BCUT2D eigenvalue weighted by atomic mass is 19.1. The number of nitrogens with zero attached hydrogens (tertiary/aromatic N) is 1. The van der Waals surface area contributed by atoms with Crippen LogP contribution < -0.4 is 0 Å². The lowest BCUT2D eigenvalue weighted by Gasteiger charge is -2.13. The predicted molar refractivity (Wildman–Crippen MR) is 68.2 cm³/mol. The fraction of sp³-hybridized carbons (Fsp3) is 0.357. The standard InChI is InChI=1S/C14H18FNO/c1-11(10-16(2)3)14(17)8-7-12-5-4-6-13(15)9-12/h4-9,11H,10H2,1-3H3/b8-7-/t11-/m1/s1. The summed E-state index contributed by atoms with van der Waals surface area (Å²) >= 11 is 0. The van der Waals surface area contributed by atoms with E-state index in [1.807, 2.05) is 25.9 Å². The minimum Gasteiger partial charge on any atom is -0.309 e. The fourth-order valence-corrected chi connectivity index (χ4v) is 1.59. The number of carbonyl (C=O) groups excluding carboxylic acids is 1. The van der Waals surface area contributed by atoms with Crippen LogP contribution in [0.15, 0.2) is 30.3 Å². The molecular formula is C14H18FNO. The minimum absolute atomic E-state index is 0.0465. The normalized spacial score (nSPS) is 13.2. The van der Waals surface area contributed by atoms with Crippen LogP contribution in [0.5, 0.6) is 0 Å². The van der Waals surface area contributed by atoms with E-state index >= 15 is 0 Å². The van der Waals surface area contributed by atoms with Gasteiger partial charge in [-0.1, -0.05) is 25.1 Å². The van der Waals surface area contributed by atoms with Gasteiger partial charge in [-0.25, -0.2) is 4.39 Å². The van der Waals surface area contributed by atoms with Crippen LogP contribution in [0, 0.1) is 11.7 Å². The smallest absolute Gasteiger partial charge is 0.159 e. The monoisotopic (exact) mass is 235 g/mol. The first-order valence-corrected chi connectivity index (χ1v) is 5.61. The van der Waals surface area contributed by atoms with Gasteiger partial charge in [0.2, 0.25) is 0 Å². The van der Waals surface area contributed by atoms with Gasteiger partial charge in [-0.05, 0) is 37.9 Å². The summed E-state index contributed by atoms with van der Waals surface area (Å²) in [4.78, 5) is 13.7. The maximum absolute atomic E-state index is 12.9. The van der Waals surface area contributed by atoms with Crippen LogP contribution in [-0.2, 0) is 4.79 Å². The molecule has 0 spiro atoms. The Morgan fingerprint density at radius 3 is 2.76 bits per heavy atom. The predicted octanol–water partition coefficient (Wildman–Crippen LogP) is 2.61. The summed E-state index contributed by atoms with van der Waals surface area (Å²) in [6.45, 7) is 2.60. The number of halogens is 1. The number of carbonyl (C=O) groups is 1. The molecule has 0 unspecified atom stereocenters. The Balaban J connectivity index is 2.62. The maximum atomic E-state index is 12.9. The first-order chi connectivity index (χ1) is 7.99. The van der Waals surface area contributed by atoms with E-state index in [-0.39, 0.29) is 17.5 Å². The highest BCUT2D eigenvalue weighted by molar-refractivity contribution is 5.95. The molecule has 0 N–H and O–H groups in total. The lowest BCUT2D eigenvalue weighted by atomic mass is 10.0. The van der Waals surface area contributed by atoms with Crippen molar-refractivity contribution in [2.45, 2.75) is 6.92 Å². The SMILES string of the molecule is C[C@H](CN(C)C)C(=O)/C=C\c1cccc(F)c1. The Kier molecular flexibility index (Phi) is 5.04. The summed E-state index contributed by atoms with van der Waals surface area (Å²) in [6, 6.07) is 6.18. The number of allylic oxidation sites excluding steroid dienone is 1. The molecule has 0 aromatic heterocycles. The number of ketones is 1. The first kappa shape index (κ1) is 13.6. The molecule has 0 saturated heterocycles. The highest BCUT2D eigenvalue weighted by Gasteiger charge is 2.10. The van der Waals surface area contributed by atoms with E-state index in [0.29, 0.717) is 12.1 Å². The Morgan fingerprint density at radius 1 is 1.47 bits per heavy atom. The van der Waals surface area contributed by atoms with Crippen molar-refractivity contribution in [3.05, 3.63) is 41.7 Å². The van der Waals surface area contributed by atoms with Gasteiger partial charge in [0.05, 0.1) is 0 Å². The maximum Gasteiger partial charge on any atom is 0.159 e. The van der Waals surface area contributed by atoms with Crippen molar-refractivity contribution in [3.8, 4) is 0 Å². The van der Waals surface area contributed by atoms with Crippen molar-refractivity contribution < 1.29 is 9.18 Å². The van der Waals surface area contributed by atoms with Crippen LogP contribution in [0.2, 0.25) is 0 Å². The van der Waals surface area contributed by atoms with Gasteiger partial charge in [-0.2, -0.15) is 0 Å². The summed E-state index contributed by atoms with van der Waals surface area (Å²) in [5, 5.41) is 0. The summed E-state index contributed by atoms with van der Waals surface area (Å²) in [5.74, 6) is -0.279. The van der Waals surface area contributed by atoms with Crippen LogP contribution in [0.25, 0.3) is 6.08 Å². The zero-order valence-electron chi connectivity index (χ0n) is 10.5. The van der Waals surface area contributed by atoms with E-state index in [4.69, 9.17) is 0 Å². The summed E-state index contributed by atoms with van der Waals surface area (Å²) in [6.07, 6.45) is 3.17. The number of hydrogen-bond acceptors (Lipinski definition) is 2. The van der Waals surface area contributed by atoms with Crippen molar-refractivity contribution >= 4 is 11.9 Å². The quantitative estimate of drug-likeness (QED) is 0.731. The Morgan fingerprint density at radius 2 is 2.18 bits per heavy atom.